The molecule has 0 bridgehead atoms. The van der Waals surface area contributed by atoms with Gasteiger partial charge in [0.15, 0.2) is 0 Å². The van der Waals surface area contributed by atoms with E-state index in [4.69, 9.17) is 0 Å². The third-order valence-corrected chi connectivity index (χ3v) is 12.8. The van der Waals surface area contributed by atoms with Gasteiger partial charge >= 0.3 is 0 Å². The third-order valence-electron chi connectivity index (χ3n) is 12.8. The molecule has 0 nitrogen and oxygen atoms in total. The van der Waals surface area contributed by atoms with E-state index in [9.17, 15) is 0 Å². The van der Waals surface area contributed by atoms with Crippen molar-refractivity contribution in [3.8, 4) is 44.5 Å². The fourth-order valence-electron chi connectivity index (χ4n) is 10.1. The molecule has 0 saturated heterocycles. The molecule has 1 aliphatic rings. The van der Waals surface area contributed by atoms with E-state index >= 15 is 0 Å². The lowest BCUT2D eigenvalue weighted by Crippen LogP contribution is -2.14. The molecular formula is C55H36. The molecule has 12 rings (SSSR count). The van der Waals surface area contributed by atoms with E-state index in [1.165, 1.54) is 120 Å². The lowest BCUT2D eigenvalue weighted by molar-refractivity contribution is 0.660. The fourth-order valence-corrected chi connectivity index (χ4v) is 10.1. The molecule has 0 heterocycles. The second-order valence-corrected chi connectivity index (χ2v) is 16.0. The Kier molecular flexibility index (Phi) is 6.21. The Labute approximate surface area is 320 Å². The lowest BCUT2D eigenvalue weighted by atomic mass is 9.80. The zero-order valence-electron chi connectivity index (χ0n) is 30.8. The molecular weight excluding hydrogens is 661 g/mol. The highest BCUT2D eigenvalue weighted by atomic mass is 14.4. The molecule has 55 heavy (non-hydrogen) atoms. The first-order valence-electron chi connectivity index (χ1n) is 19.4. The van der Waals surface area contributed by atoms with E-state index in [-0.39, 0.29) is 5.41 Å². The maximum absolute atomic E-state index is 2.49. The molecule has 11 aromatic rings. The summed E-state index contributed by atoms with van der Waals surface area (Å²) < 4.78 is 0. The van der Waals surface area contributed by atoms with Crippen molar-refractivity contribution in [1.82, 2.24) is 0 Å². The topological polar surface area (TPSA) is 0 Å². The van der Waals surface area contributed by atoms with Gasteiger partial charge in [0.05, 0.1) is 0 Å². The smallest absolute Gasteiger partial charge is 0.0159 e. The van der Waals surface area contributed by atoms with Crippen LogP contribution in [0.5, 0.6) is 0 Å². The number of rotatable bonds is 3. The van der Waals surface area contributed by atoms with E-state index in [0.29, 0.717) is 0 Å². The summed E-state index contributed by atoms with van der Waals surface area (Å²) in [6.45, 7) is 4.76. The normalized spacial score (nSPS) is 13.4. The van der Waals surface area contributed by atoms with Gasteiger partial charge in [0.25, 0.3) is 0 Å². The predicted octanol–water partition coefficient (Wildman–Crippen LogP) is 15.4. The molecule has 0 heteroatoms. The minimum absolute atomic E-state index is 0.0849. The van der Waals surface area contributed by atoms with Crippen LogP contribution in [0.1, 0.15) is 25.0 Å². The van der Waals surface area contributed by atoms with Crippen molar-refractivity contribution in [3.05, 3.63) is 193 Å². The van der Waals surface area contributed by atoms with Crippen molar-refractivity contribution in [1.29, 1.82) is 0 Å². The van der Waals surface area contributed by atoms with Gasteiger partial charge in [0.2, 0.25) is 0 Å². The second-order valence-electron chi connectivity index (χ2n) is 16.0. The standard InChI is InChI=1S/C55H36/c1-55(2)49-17-8-7-14-41(49)42-26-25-40(32-50(42)55)52-43-15-5-6-16-44(43)54(46-28-23-36-20-19-34-12-9-13-35-22-27-45(46)53(36)51(34)35)48-31-39(24-29-47(48)52)38-21-18-33-10-3-4-11-37(33)30-38/h3-32H,1-2H3. The molecule has 0 aliphatic heterocycles. The van der Waals surface area contributed by atoms with Gasteiger partial charge in [-0.2, -0.15) is 0 Å². The van der Waals surface area contributed by atoms with Crippen LogP contribution in [-0.4, -0.2) is 0 Å². The number of hydrogen-bond donors (Lipinski definition) is 0. The molecule has 0 amide bonds. The maximum Gasteiger partial charge on any atom is 0.0159 e. The Balaban J connectivity index is 1.20. The van der Waals surface area contributed by atoms with Crippen molar-refractivity contribution in [2.75, 3.05) is 0 Å². The van der Waals surface area contributed by atoms with Crippen molar-refractivity contribution < 1.29 is 0 Å². The highest BCUT2D eigenvalue weighted by molar-refractivity contribution is 6.29. The summed E-state index contributed by atoms with van der Waals surface area (Å²) >= 11 is 0. The minimum atomic E-state index is -0.0849. The minimum Gasteiger partial charge on any atom is -0.0619 e. The van der Waals surface area contributed by atoms with Crippen LogP contribution in [0, 0.1) is 0 Å². The van der Waals surface area contributed by atoms with Gasteiger partial charge in [-0.25, -0.2) is 0 Å². The van der Waals surface area contributed by atoms with Crippen molar-refractivity contribution in [2.45, 2.75) is 19.3 Å². The first-order valence-corrected chi connectivity index (χ1v) is 19.4. The maximum atomic E-state index is 2.49. The summed E-state index contributed by atoms with van der Waals surface area (Å²) in [6.07, 6.45) is 0. The Hall–Kier alpha value is -6.76. The monoisotopic (exact) mass is 696 g/mol. The molecule has 0 fully saturated rings. The van der Waals surface area contributed by atoms with Gasteiger partial charge in [-0.3, -0.25) is 0 Å². The van der Waals surface area contributed by atoms with Crippen LogP contribution in [0.4, 0.5) is 0 Å². The highest BCUT2D eigenvalue weighted by Crippen LogP contribution is 2.52. The second kappa shape index (κ2) is 11.1. The Bertz CT molecular complexity index is 3380. The summed E-state index contributed by atoms with van der Waals surface area (Å²) in [5, 5.41) is 15.5. The molecule has 0 atom stereocenters. The van der Waals surface area contributed by atoms with Gasteiger partial charge in [-0.05, 0) is 138 Å². The predicted molar refractivity (Wildman–Crippen MR) is 237 cm³/mol. The Morgan fingerprint density at radius 3 is 1.69 bits per heavy atom. The highest BCUT2D eigenvalue weighted by Gasteiger charge is 2.35. The molecule has 0 radical (unpaired) electrons. The largest absolute Gasteiger partial charge is 0.0619 e. The van der Waals surface area contributed by atoms with Gasteiger partial charge in [0, 0.05) is 5.41 Å². The molecule has 1 aliphatic carbocycles. The van der Waals surface area contributed by atoms with Crippen LogP contribution in [0.15, 0.2) is 182 Å². The van der Waals surface area contributed by atoms with E-state index in [1.807, 2.05) is 0 Å². The summed E-state index contributed by atoms with van der Waals surface area (Å²) in [4.78, 5) is 0. The first kappa shape index (κ1) is 30.7. The first-order chi connectivity index (χ1) is 27.0. The molecule has 0 aromatic heterocycles. The average Bonchev–Trinajstić information content (AvgIpc) is 3.46. The quantitative estimate of drug-likeness (QED) is 0.127. The van der Waals surface area contributed by atoms with Gasteiger partial charge in [0.1, 0.15) is 0 Å². The van der Waals surface area contributed by atoms with Crippen LogP contribution in [-0.2, 0) is 5.41 Å². The van der Waals surface area contributed by atoms with Gasteiger partial charge < -0.3 is 0 Å². The van der Waals surface area contributed by atoms with Crippen molar-refractivity contribution in [2.24, 2.45) is 0 Å². The number of fused-ring (bicyclic) bond motifs is 6. The lowest BCUT2D eigenvalue weighted by Gasteiger charge is -2.23. The zero-order valence-corrected chi connectivity index (χ0v) is 30.8. The molecule has 0 spiro atoms. The molecule has 0 N–H and O–H groups in total. The van der Waals surface area contributed by atoms with E-state index in [0.717, 1.165) is 0 Å². The molecule has 0 unspecified atom stereocenters. The van der Waals surface area contributed by atoms with Gasteiger partial charge in [-0.1, -0.05) is 178 Å². The van der Waals surface area contributed by atoms with Crippen LogP contribution in [0.25, 0.3) is 109 Å². The van der Waals surface area contributed by atoms with Gasteiger partial charge in [-0.15, -0.1) is 0 Å². The summed E-state index contributed by atoms with van der Waals surface area (Å²) in [7, 11) is 0. The number of hydrogen-bond acceptors (Lipinski definition) is 0. The molecule has 0 saturated carbocycles. The molecule has 256 valence electrons. The third kappa shape index (κ3) is 4.28. The van der Waals surface area contributed by atoms with Crippen LogP contribution in [0.2, 0.25) is 0 Å². The zero-order chi connectivity index (χ0) is 36.4. The number of benzene rings is 11. The fraction of sp³-hybridized carbons (Fsp3) is 0.0545. The van der Waals surface area contributed by atoms with Crippen LogP contribution in [0.3, 0.4) is 0 Å². The summed E-state index contributed by atoms with van der Waals surface area (Å²) in [6, 6.07) is 68.7. The Morgan fingerprint density at radius 2 is 0.836 bits per heavy atom. The Morgan fingerprint density at radius 1 is 0.291 bits per heavy atom. The van der Waals surface area contributed by atoms with E-state index in [2.05, 4.69) is 196 Å². The van der Waals surface area contributed by atoms with E-state index < -0.39 is 0 Å². The SMILES string of the molecule is CC1(C)c2ccccc2-c2ccc(-c3c4ccccc4c(-c4ccc5ccc6cccc7ccc4c5c67)c4cc(-c5ccc6ccccc6c5)ccc34)cc21. The van der Waals surface area contributed by atoms with Crippen molar-refractivity contribution >= 4 is 64.6 Å². The van der Waals surface area contributed by atoms with E-state index in [1.54, 1.807) is 0 Å². The summed E-state index contributed by atoms with van der Waals surface area (Å²) in [5.41, 5.74) is 13.0. The molecule has 11 aromatic carbocycles. The average molecular weight is 697 g/mol. The van der Waals surface area contributed by atoms with Crippen LogP contribution >= 0.6 is 0 Å². The van der Waals surface area contributed by atoms with Crippen molar-refractivity contribution in [3.63, 3.8) is 0 Å². The van der Waals surface area contributed by atoms with Crippen LogP contribution < -0.4 is 0 Å². The summed E-state index contributed by atoms with van der Waals surface area (Å²) in [5.74, 6) is 0.